The van der Waals surface area contributed by atoms with Gasteiger partial charge in [0, 0.05) is 42.3 Å². The van der Waals surface area contributed by atoms with Gasteiger partial charge in [0.2, 0.25) is 11.8 Å². The second-order valence-corrected chi connectivity index (χ2v) is 11.3. The highest BCUT2D eigenvalue weighted by Gasteiger charge is 2.42. The molecule has 2 saturated heterocycles. The van der Waals surface area contributed by atoms with Gasteiger partial charge in [-0.25, -0.2) is 13.2 Å². The smallest absolute Gasteiger partial charge is 0.247 e. The summed E-state index contributed by atoms with van der Waals surface area (Å²) in [5.74, 6) is -1.14. The number of fused-ring (bicyclic) bond motifs is 2. The van der Waals surface area contributed by atoms with Gasteiger partial charge in [0.1, 0.15) is 24.0 Å². The van der Waals surface area contributed by atoms with E-state index in [4.69, 9.17) is 0 Å². The summed E-state index contributed by atoms with van der Waals surface area (Å²) in [7, 11) is 0. The number of amides is 2. The molecule has 0 aliphatic carbocycles. The summed E-state index contributed by atoms with van der Waals surface area (Å²) in [6.45, 7) is 4.44. The molecule has 196 valence electrons. The van der Waals surface area contributed by atoms with Crippen LogP contribution in [-0.4, -0.2) is 72.3 Å². The highest BCUT2D eigenvalue weighted by atomic mass is 32.2. The fourth-order valence-electron chi connectivity index (χ4n) is 5.53. The van der Waals surface area contributed by atoms with Crippen LogP contribution in [0.2, 0.25) is 0 Å². The van der Waals surface area contributed by atoms with Gasteiger partial charge in [-0.1, -0.05) is 6.07 Å². The number of benzene rings is 2. The lowest BCUT2D eigenvalue weighted by molar-refractivity contribution is -0.142. The molecule has 37 heavy (non-hydrogen) atoms. The Bertz CT molecular complexity index is 1190. The van der Waals surface area contributed by atoms with Crippen LogP contribution in [0.25, 0.3) is 6.08 Å². The molecule has 3 heterocycles. The summed E-state index contributed by atoms with van der Waals surface area (Å²) in [5.41, 5.74) is 2.69. The van der Waals surface area contributed by atoms with E-state index in [0.29, 0.717) is 19.6 Å². The van der Waals surface area contributed by atoms with Crippen molar-refractivity contribution in [3.05, 3.63) is 76.6 Å². The number of hydrogen-bond donors (Lipinski definition) is 0. The molecule has 0 N–H and O–H groups in total. The first kappa shape index (κ1) is 25.9. The lowest BCUT2D eigenvalue weighted by Gasteiger charge is -2.40. The number of piperidine rings is 1. The van der Waals surface area contributed by atoms with Crippen LogP contribution < -0.4 is 0 Å². The average molecular weight is 530 g/mol. The van der Waals surface area contributed by atoms with E-state index in [2.05, 4.69) is 4.90 Å². The van der Waals surface area contributed by atoms with Crippen molar-refractivity contribution in [3.63, 3.8) is 0 Å². The number of nitrogens with zero attached hydrogens (tertiary/aromatic N) is 3. The number of thioether (sulfide) groups is 1. The Morgan fingerprint density at radius 3 is 2.43 bits per heavy atom. The summed E-state index contributed by atoms with van der Waals surface area (Å²) in [4.78, 5) is 30.8. The number of likely N-dealkylation sites (tertiary alicyclic amines) is 1. The van der Waals surface area contributed by atoms with Crippen LogP contribution in [-0.2, 0) is 20.1 Å². The predicted molar refractivity (Wildman–Crippen MR) is 138 cm³/mol. The molecule has 0 atom stereocenters. The normalized spacial score (nSPS) is 19.7. The van der Waals surface area contributed by atoms with Gasteiger partial charge in [-0.05, 0) is 85.9 Å². The van der Waals surface area contributed by atoms with Crippen molar-refractivity contribution in [2.75, 3.05) is 45.8 Å². The fourth-order valence-corrected chi connectivity index (χ4v) is 7.03. The Morgan fingerprint density at radius 1 is 0.946 bits per heavy atom. The minimum atomic E-state index is -0.709. The van der Waals surface area contributed by atoms with Crippen molar-refractivity contribution >= 4 is 29.7 Å². The third-order valence-electron chi connectivity index (χ3n) is 7.56. The van der Waals surface area contributed by atoms with E-state index in [1.807, 2.05) is 17.8 Å². The number of halogens is 3. The van der Waals surface area contributed by atoms with Gasteiger partial charge in [-0.2, -0.15) is 0 Å². The van der Waals surface area contributed by atoms with Gasteiger partial charge in [0.05, 0.1) is 0 Å². The maximum absolute atomic E-state index is 13.6. The minimum Gasteiger partial charge on any atom is -0.339 e. The second kappa shape index (κ2) is 10.9. The largest absolute Gasteiger partial charge is 0.339 e. The third-order valence-corrected chi connectivity index (χ3v) is 9.20. The van der Waals surface area contributed by atoms with Crippen molar-refractivity contribution in [1.29, 1.82) is 0 Å². The zero-order valence-electron chi connectivity index (χ0n) is 20.6. The van der Waals surface area contributed by atoms with Crippen molar-refractivity contribution in [2.45, 2.75) is 29.8 Å². The van der Waals surface area contributed by atoms with Crippen molar-refractivity contribution in [3.8, 4) is 0 Å². The van der Waals surface area contributed by atoms with Crippen LogP contribution in [0.1, 0.15) is 36.0 Å². The molecule has 2 aromatic carbocycles. The van der Waals surface area contributed by atoms with Crippen molar-refractivity contribution in [2.24, 2.45) is 0 Å². The van der Waals surface area contributed by atoms with E-state index in [-0.39, 0.29) is 34.5 Å². The predicted octanol–water partition coefficient (Wildman–Crippen LogP) is 4.42. The Labute approximate surface area is 219 Å². The van der Waals surface area contributed by atoms with Crippen LogP contribution in [0.15, 0.2) is 42.5 Å². The highest BCUT2D eigenvalue weighted by Crippen LogP contribution is 2.53. The molecule has 3 aliphatic rings. The van der Waals surface area contributed by atoms with Crippen LogP contribution in [0, 0.1) is 17.5 Å². The molecule has 0 radical (unpaired) electrons. The summed E-state index contributed by atoms with van der Waals surface area (Å²) in [6, 6.07) is 8.28. The van der Waals surface area contributed by atoms with E-state index >= 15 is 0 Å². The van der Waals surface area contributed by atoms with Crippen LogP contribution in [0.3, 0.4) is 0 Å². The molecule has 3 aliphatic heterocycles. The average Bonchev–Trinajstić information content (AvgIpc) is 3.21. The van der Waals surface area contributed by atoms with Gasteiger partial charge < -0.3 is 14.7 Å². The number of piperazine rings is 1. The number of rotatable bonds is 6. The van der Waals surface area contributed by atoms with Gasteiger partial charge >= 0.3 is 0 Å². The summed E-state index contributed by atoms with van der Waals surface area (Å²) in [6.07, 6.45) is 5.57. The summed E-state index contributed by atoms with van der Waals surface area (Å²) in [5, 5.41) is 0. The SMILES string of the molecule is O=C(/C=C/c1cc(F)cc(F)c1)N1CCN(CCCN2CCC3(CC2)SCc2cc(F)ccc23)C(=O)C1. The molecule has 2 fully saturated rings. The molecule has 0 saturated carbocycles. The van der Waals surface area contributed by atoms with Crippen LogP contribution >= 0.6 is 11.8 Å². The summed E-state index contributed by atoms with van der Waals surface area (Å²) >= 11 is 1.94. The Morgan fingerprint density at radius 2 is 1.70 bits per heavy atom. The molecule has 5 rings (SSSR count). The molecular weight excluding hydrogens is 499 g/mol. The molecule has 1 spiro atoms. The lowest BCUT2D eigenvalue weighted by atomic mass is 9.86. The second-order valence-electron chi connectivity index (χ2n) is 9.96. The van der Waals surface area contributed by atoms with E-state index in [1.54, 1.807) is 17.0 Å². The van der Waals surface area contributed by atoms with Crippen molar-refractivity contribution in [1.82, 2.24) is 14.7 Å². The van der Waals surface area contributed by atoms with E-state index in [9.17, 15) is 22.8 Å². The van der Waals surface area contributed by atoms with Gasteiger partial charge in [0.25, 0.3) is 0 Å². The number of carbonyl (C=O) groups is 2. The van der Waals surface area contributed by atoms with E-state index in [0.717, 1.165) is 68.4 Å². The van der Waals surface area contributed by atoms with Gasteiger partial charge in [-0.15, -0.1) is 11.8 Å². The van der Waals surface area contributed by atoms with E-state index < -0.39 is 11.6 Å². The molecule has 2 amide bonds. The van der Waals surface area contributed by atoms with Crippen LogP contribution in [0.4, 0.5) is 13.2 Å². The Balaban J connectivity index is 1.05. The topological polar surface area (TPSA) is 43.9 Å². The number of hydrogen-bond acceptors (Lipinski definition) is 4. The molecule has 9 heteroatoms. The first-order valence-electron chi connectivity index (χ1n) is 12.7. The van der Waals surface area contributed by atoms with Crippen LogP contribution in [0.5, 0.6) is 0 Å². The molecule has 0 aromatic heterocycles. The molecule has 2 aromatic rings. The monoisotopic (exact) mass is 529 g/mol. The molecular formula is C28H30F3N3O2S. The zero-order chi connectivity index (χ0) is 26.0. The first-order valence-corrected chi connectivity index (χ1v) is 13.7. The zero-order valence-corrected chi connectivity index (χ0v) is 21.4. The first-order chi connectivity index (χ1) is 17.8. The van der Waals surface area contributed by atoms with Gasteiger partial charge in [0.15, 0.2) is 0 Å². The third kappa shape index (κ3) is 5.88. The molecule has 0 bridgehead atoms. The Kier molecular flexibility index (Phi) is 7.62. The van der Waals surface area contributed by atoms with Crippen molar-refractivity contribution < 1.29 is 22.8 Å². The number of carbonyl (C=O) groups excluding carboxylic acids is 2. The highest BCUT2D eigenvalue weighted by molar-refractivity contribution is 7.99. The maximum Gasteiger partial charge on any atom is 0.247 e. The lowest BCUT2D eigenvalue weighted by Crippen LogP contribution is -2.52. The summed E-state index contributed by atoms with van der Waals surface area (Å²) < 4.78 is 40.3. The Hall–Kier alpha value is -2.78. The molecule has 0 unspecified atom stereocenters. The molecule has 5 nitrogen and oxygen atoms in total. The van der Waals surface area contributed by atoms with Gasteiger partial charge in [-0.3, -0.25) is 9.59 Å². The maximum atomic E-state index is 13.6. The quantitative estimate of drug-likeness (QED) is 0.520. The fraction of sp³-hybridized carbons (Fsp3) is 0.429. The standard InChI is InChI=1S/C28H30F3N3O2S/c29-22-3-4-25-21(16-22)19-37-28(25)6-10-32(11-7-28)8-1-9-33-12-13-34(18-27(33)36)26(35)5-2-20-14-23(30)17-24(31)15-20/h2-5,14-17H,1,6-13,18-19H2/b5-2+. The van der Waals surface area contributed by atoms with E-state index in [1.165, 1.54) is 22.6 Å². The minimum absolute atomic E-state index is 0.00411.